The molecule has 0 atom stereocenters. The molecule has 0 aliphatic carbocycles. The van der Waals surface area contributed by atoms with Crippen LogP contribution in [0.1, 0.15) is 15.9 Å². The molecular weight excluding hydrogens is 266 g/mol. The molecule has 0 radical (unpaired) electrons. The molecule has 0 bridgehead atoms. The number of carbonyl (C=O) groups is 2. The lowest BCUT2D eigenvalue weighted by Gasteiger charge is -2.04. The largest absolute Gasteiger partial charge is 0.465 e. The topological polar surface area (TPSA) is 55.4 Å². The molecule has 0 aromatic heterocycles. The summed E-state index contributed by atoms with van der Waals surface area (Å²) in [4.78, 5) is 23.2. The Hall–Kier alpha value is -2.88. The minimum absolute atomic E-state index is 0.263. The van der Waals surface area contributed by atoms with E-state index in [-0.39, 0.29) is 5.91 Å². The van der Waals surface area contributed by atoms with Gasteiger partial charge in [0.15, 0.2) is 0 Å². The third-order valence-electron chi connectivity index (χ3n) is 2.78. The molecule has 2 aromatic carbocycles. The Labute approximate surface area is 123 Å². The number of hydrogen-bond donors (Lipinski definition) is 1. The number of rotatable bonds is 4. The molecule has 1 amide bonds. The fraction of sp³-hybridized carbons (Fsp3) is 0.0588. The van der Waals surface area contributed by atoms with Gasteiger partial charge in [0.2, 0.25) is 5.91 Å². The van der Waals surface area contributed by atoms with Crippen LogP contribution in [0.15, 0.2) is 60.7 Å². The van der Waals surface area contributed by atoms with Crippen LogP contribution < -0.4 is 5.32 Å². The molecule has 4 nitrogen and oxygen atoms in total. The molecule has 21 heavy (non-hydrogen) atoms. The van der Waals surface area contributed by atoms with Gasteiger partial charge < -0.3 is 10.1 Å². The molecule has 0 aliphatic heterocycles. The molecule has 106 valence electrons. The van der Waals surface area contributed by atoms with E-state index in [1.54, 1.807) is 30.3 Å². The lowest BCUT2D eigenvalue weighted by atomic mass is 10.2. The monoisotopic (exact) mass is 281 g/mol. The van der Waals surface area contributed by atoms with Crippen molar-refractivity contribution in [1.29, 1.82) is 0 Å². The van der Waals surface area contributed by atoms with Crippen LogP contribution >= 0.6 is 0 Å². The number of benzene rings is 2. The van der Waals surface area contributed by atoms with Crippen molar-refractivity contribution in [1.82, 2.24) is 0 Å². The Morgan fingerprint density at radius 1 is 1.05 bits per heavy atom. The lowest BCUT2D eigenvalue weighted by molar-refractivity contribution is -0.111. The first-order chi connectivity index (χ1) is 10.2. The number of amides is 1. The van der Waals surface area contributed by atoms with Crippen molar-refractivity contribution in [3.05, 3.63) is 71.8 Å². The molecule has 2 rings (SSSR count). The SMILES string of the molecule is COC(=O)c1cccc(NC(=O)/C=C/c2ccccc2)c1. The van der Waals surface area contributed by atoms with Crippen LogP contribution in [0.3, 0.4) is 0 Å². The maximum Gasteiger partial charge on any atom is 0.337 e. The van der Waals surface area contributed by atoms with Gasteiger partial charge in [0.05, 0.1) is 12.7 Å². The number of ether oxygens (including phenoxy) is 1. The van der Waals surface area contributed by atoms with Crippen LogP contribution in [-0.4, -0.2) is 19.0 Å². The van der Waals surface area contributed by atoms with Crippen LogP contribution in [0.2, 0.25) is 0 Å². The maximum absolute atomic E-state index is 11.8. The van der Waals surface area contributed by atoms with Crippen molar-refractivity contribution in [2.75, 3.05) is 12.4 Å². The van der Waals surface area contributed by atoms with E-state index >= 15 is 0 Å². The first-order valence-corrected chi connectivity index (χ1v) is 6.41. The van der Waals surface area contributed by atoms with Crippen LogP contribution in [0.4, 0.5) is 5.69 Å². The fourth-order valence-electron chi connectivity index (χ4n) is 1.76. The molecule has 0 heterocycles. The van der Waals surface area contributed by atoms with E-state index in [0.717, 1.165) is 5.56 Å². The summed E-state index contributed by atoms with van der Waals surface area (Å²) in [6.45, 7) is 0. The summed E-state index contributed by atoms with van der Waals surface area (Å²) in [5.41, 5.74) is 1.87. The summed E-state index contributed by atoms with van der Waals surface area (Å²) >= 11 is 0. The van der Waals surface area contributed by atoms with Crippen LogP contribution in [0.5, 0.6) is 0 Å². The number of esters is 1. The standard InChI is InChI=1S/C17H15NO3/c1-21-17(20)14-8-5-9-15(12-14)18-16(19)11-10-13-6-3-2-4-7-13/h2-12H,1H3,(H,18,19)/b11-10+. The van der Waals surface area contributed by atoms with Gasteiger partial charge in [-0.05, 0) is 29.8 Å². The summed E-state index contributed by atoms with van der Waals surface area (Å²) < 4.78 is 4.64. The second-order valence-corrected chi connectivity index (χ2v) is 4.31. The van der Waals surface area contributed by atoms with E-state index in [0.29, 0.717) is 11.3 Å². The van der Waals surface area contributed by atoms with E-state index in [1.165, 1.54) is 13.2 Å². The summed E-state index contributed by atoms with van der Waals surface area (Å²) in [5, 5.41) is 2.70. The van der Waals surface area contributed by atoms with Gasteiger partial charge in [-0.25, -0.2) is 4.79 Å². The Kier molecular flexibility index (Phi) is 4.88. The third kappa shape index (κ3) is 4.31. The highest BCUT2D eigenvalue weighted by molar-refractivity contribution is 6.02. The molecule has 2 aromatic rings. The van der Waals surface area contributed by atoms with Gasteiger partial charge >= 0.3 is 5.97 Å². The predicted octanol–water partition coefficient (Wildman–Crippen LogP) is 3.13. The van der Waals surface area contributed by atoms with Gasteiger partial charge in [-0.2, -0.15) is 0 Å². The normalized spacial score (nSPS) is 10.3. The molecule has 0 spiro atoms. The minimum atomic E-state index is -0.439. The van der Waals surface area contributed by atoms with Gasteiger partial charge in [0.1, 0.15) is 0 Å². The van der Waals surface area contributed by atoms with Crippen LogP contribution in [-0.2, 0) is 9.53 Å². The zero-order valence-electron chi connectivity index (χ0n) is 11.6. The average Bonchev–Trinajstić information content (AvgIpc) is 2.53. The van der Waals surface area contributed by atoms with Crippen molar-refractivity contribution in [2.45, 2.75) is 0 Å². The Balaban J connectivity index is 2.03. The maximum atomic E-state index is 11.8. The number of nitrogens with one attached hydrogen (secondary N) is 1. The van der Waals surface area contributed by atoms with Crippen molar-refractivity contribution >= 4 is 23.6 Å². The molecule has 0 saturated carbocycles. The van der Waals surface area contributed by atoms with Gasteiger partial charge in [-0.1, -0.05) is 36.4 Å². The van der Waals surface area contributed by atoms with E-state index in [1.807, 2.05) is 30.3 Å². The van der Waals surface area contributed by atoms with E-state index in [4.69, 9.17) is 0 Å². The second-order valence-electron chi connectivity index (χ2n) is 4.31. The Morgan fingerprint density at radius 2 is 1.81 bits per heavy atom. The van der Waals surface area contributed by atoms with Crippen molar-refractivity contribution < 1.29 is 14.3 Å². The summed E-state index contributed by atoms with van der Waals surface area (Å²) in [7, 11) is 1.32. The number of carbonyl (C=O) groups excluding carboxylic acids is 2. The Bertz CT molecular complexity index is 663. The van der Waals surface area contributed by atoms with Crippen LogP contribution in [0, 0.1) is 0 Å². The smallest absolute Gasteiger partial charge is 0.337 e. The highest BCUT2D eigenvalue weighted by Crippen LogP contribution is 2.12. The molecule has 1 N–H and O–H groups in total. The van der Waals surface area contributed by atoms with Crippen LogP contribution in [0.25, 0.3) is 6.08 Å². The zero-order chi connectivity index (χ0) is 15.1. The first kappa shape index (κ1) is 14.5. The van der Waals surface area contributed by atoms with Crippen molar-refractivity contribution in [3.8, 4) is 0 Å². The minimum Gasteiger partial charge on any atom is -0.465 e. The fourth-order valence-corrected chi connectivity index (χ4v) is 1.76. The van der Waals surface area contributed by atoms with Gasteiger partial charge in [-0.15, -0.1) is 0 Å². The van der Waals surface area contributed by atoms with E-state index in [2.05, 4.69) is 10.1 Å². The summed E-state index contributed by atoms with van der Waals surface area (Å²) in [6.07, 6.45) is 3.17. The van der Waals surface area contributed by atoms with Crippen molar-refractivity contribution in [3.63, 3.8) is 0 Å². The molecular formula is C17H15NO3. The number of anilines is 1. The summed E-state index contributed by atoms with van der Waals surface area (Å²) in [5.74, 6) is -0.702. The zero-order valence-corrected chi connectivity index (χ0v) is 11.6. The van der Waals surface area contributed by atoms with Crippen molar-refractivity contribution in [2.24, 2.45) is 0 Å². The second kappa shape index (κ2) is 7.05. The van der Waals surface area contributed by atoms with Gasteiger partial charge in [-0.3, -0.25) is 4.79 Å². The highest BCUT2D eigenvalue weighted by Gasteiger charge is 2.06. The Morgan fingerprint density at radius 3 is 2.52 bits per heavy atom. The molecule has 0 aliphatic rings. The number of methoxy groups -OCH3 is 1. The predicted molar refractivity (Wildman–Crippen MR) is 81.9 cm³/mol. The van der Waals surface area contributed by atoms with Gasteiger partial charge in [0, 0.05) is 11.8 Å². The van der Waals surface area contributed by atoms with E-state index in [9.17, 15) is 9.59 Å². The average molecular weight is 281 g/mol. The molecule has 4 heteroatoms. The quantitative estimate of drug-likeness (QED) is 0.692. The number of hydrogen-bond acceptors (Lipinski definition) is 3. The van der Waals surface area contributed by atoms with Gasteiger partial charge in [0.25, 0.3) is 0 Å². The molecule has 0 fully saturated rings. The summed E-state index contributed by atoms with van der Waals surface area (Å²) in [6, 6.07) is 16.1. The molecule has 0 unspecified atom stereocenters. The third-order valence-corrected chi connectivity index (χ3v) is 2.78. The molecule has 0 saturated heterocycles. The lowest BCUT2D eigenvalue weighted by Crippen LogP contribution is -2.09. The first-order valence-electron chi connectivity index (χ1n) is 6.41. The highest BCUT2D eigenvalue weighted by atomic mass is 16.5. The van der Waals surface area contributed by atoms with E-state index < -0.39 is 5.97 Å².